The van der Waals surface area contributed by atoms with Crippen molar-refractivity contribution in [3.63, 3.8) is 0 Å². The molecule has 4 aliphatic rings. The third-order valence-electron chi connectivity index (χ3n) is 11.1. The Morgan fingerprint density at radius 2 is 1.04 bits per heavy atom. The zero-order valence-electron chi connectivity index (χ0n) is 26.9. The number of rotatable bonds is 6. The predicted molar refractivity (Wildman–Crippen MR) is 193 cm³/mol. The van der Waals surface area contributed by atoms with E-state index in [9.17, 15) is 0 Å². The molecule has 0 unspecified atom stereocenters. The fourth-order valence-electron chi connectivity index (χ4n) is 9.46. The van der Waals surface area contributed by atoms with Gasteiger partial charge in [-0.15, -0.1) is 0 Å². The molecule has 48 heavy (non-hydrogen) atoms. The molecule has 0 saturated heterocycles. The Labute approximate surface area is 282 Å². The third kappa shape index (κ3) is 5.11. The summed E-state index contributed by atoms with van der Waals surface area (Å²) in [4.78, 5) is 19.2. The summed E-state index contributed by atoms with van der Waals surface area (Å²) in [5.41, 5.74) is 9.72. The molecule has 1 aromatic heterocycles. The molecule has 0 spiro atoms. The molecule has 4 nitrogen and oxygen atoms in total. The molecule has 0 atom stereocenters. The molecule has 232 valence electrons. The van der Waals surface area contributed by atoms with Gasteiger partial charge in [0.1, 0.15) is 0 Å². The maximum Gasteiger partial charge on any atom is 0.187 e. The highest BCUT2D eigenvalue weighted by molar-refractivity contribution is 5.82. The van der Waals surface area contributed by atoms with E-state index in [1.54, 1.807) is 0 Å². The quantitative estimate of drug-likeness (QED) is 0.174. The van der Waals surface area contributed by atoms with Crippen molar-refractivity contribution in [2.24, 2.45) is 17.8 Å². The van der Waals surface area contributed by atoms with Crippen molar-refractivity contribution in [1.29, 1.82) is 0 Å². The molecule has 4 heteroatoms. The Morgan fingerprint density at radius 3 is 1.71 bits per heavy atom. The van der Waals surface area contributed by atoms with Crippen LogP contribution in [0.1, 0.15) is 44.1 Å². The second-order valence-electron chi connectivity index (χ2n) is 14.2. The zero-order chi connectivity index (χ0) is 32.1. The Morgan fingerprint density at radius 1 is 0.479 bits per heavy atom. The molecule has 0 amide bonds. The topological polar surface area (TPSA) is 43.0 Å². The Balaban J connectivity index is 1.24. The third-order valence-corrected chi connectivity index (χ3v) is 11.1. The number of nitrogens with zero attached hydrogens (tertiary/aromatic N) is 4. The minimum atomic E-state index is 0.199. The molecule has 0 N–H and O–H groups in total. The normalized spacial score (nSPS) is 22.4. The van der Waals surface area contributed by atoms with Crippen LogP contribution in [0.3, 0.4) is 0 Å². The summed E-state index contributed by atoms with van der Waals surface area (Å²) >= 11 is 0. The highest BCUT2D eigenvalue weighted by atomic mass is 15.0. The van der Waals surface area contributed by atoms with E-state index in [-0.39, 0.29) is 5.41 Å². The lowest BCUT2D eigenvalue weighted by Crippen LogP contribution is -2.48. The van der Waals surface area contributed by atoms with E-state index in [1.165, 1.54) is 49.7 Å². The van der Waals surface area contributed by atoms with Gasteiger partial charge in [-0.3, -0.25) is 0 Å². The molecule has 6 aromatic rings. The van der Waals surface area contributed by atoms with E-state index in [0.717, 1.165) is 51.1 Å². The highest BCUT2D eigenvalue weighted by Crippen LogP contribution is 2.62. The van der Waals surface area contributed by atoms with Crippen molar-refractivity contribution in [3.8, 4) is 56.4 Å². The maximum absolute atomic E-state index is 7.76. The zero-order valence-corrected chi connectivity index (χ0v) is 26.9. The van der Waals surface area contributed by atoms with E-state index in [0.29, 0.717) is 23.2 Å². The Kier molecular flexibility index (Phi) is 7.01. The lowest BCUT2D eigenvalue weighted by Gasteiger charge is -2.57. The molecular weight excluding hydrogens is 585 g/mol. The van der Waals surface area contributed by atoms with Crippen molar-refractivity contribution in [1.82, 2.24) is 15.0 Å². The van der Waals surface area contributed by atoms with Crippen LogP contribution in [0.4, 0.5) is 5.69 Å². The monoisotopic (exact) mass is 620 g/mol. The predicted octanol–water partition coefficient (Wildman–Crippen LogP) is 11.2. The van der Waals surface area contributed by atoms with Crippen LogP contribution >= 0.6 is 0 Å². The number of hydrogen-bond donors (Lipinski definition) is 0. The van der Waals surface area contributed by atoms with E-state index < -0.39 is 0 Å². The molecule has 0 aliphatic heterocycles. The van der Waals surface area contributed by atoms with Gasteiger partial charge < -0.3 is 0 Å². The fourth-order valence-corrected chi connectivity index (χ4v) is 9.46. The van der Waals surface area contributed by atoms with Crippen LogP contribution in [0.2, 0.25) is 0 Å². The van der Waals surface area contributed by atoms with E-state index in [2.05, 4.69) is 95.8 Å². The summed E-state index contributed by atoms with van der Waals surface area (Å²) in [5, 5.41) is 0. The average Bonchev–Trinajstić information content (AvgIpc) is 3.14. The van der Waals surface area contributed by atoms with Gasteiger partial charge in [-0.05, 0) is 102 Å². The summed E-state index contributed by atoms with van der Waals surface area (Å²) in [5.74, 6) is 4.47. The van der Waals surface area contributed by atoms with Crippen LogP contribution < -0.4 is 0 Å². The van der Waals surface area contributed by atoms with Crippen molar-refractivity contribution in [2.75, 3.05) is 0 Å². The van der Waals surface area contributed by atoms with Gasteiger partial charge in [0.2, 0.25) is 0 Å². The summed E-state index contributed by atoms with van der Waals surface area (Å²) in [6.45, 7) is 7.76. The average molecular weight is 621 g/mol. The minimum Gasteiger partial charge on any atom is -0.238 e. The van der Waals surface area contributed by atoms with Gasteiger partial charge in [0.05, 0.1) is 6.57 Å². The first kappa shape index (κ1) is 28.8. The van der Waals surface area contributed by atoms with Gasteiger partial charge in [0, 0.05) is 16.7 Å². The smallest absolute Gasteiger partial charge is 0.187 e. The first-order valence-corrected chi connectivity index (χ1v) is 17.2. The standard InChI is InChI=1S/C44H36N4/c1-45-36-16-10-15-34(24-36)39-25-35(19-20-40(39)44-26-29-21-30(27-44)23-31(22-29)28-44)42-46-41(33-13-6-3-7-14-33)47-43(48-42)38-18-9-8-17-37(38)32-11-4-2-5-12-32/h2-20,24-25,29-31H,21-23,26-28H2. The van der Waals surface area contributed by atoms with Gasteiger partial charge >= 0.3 is 0 Å². The van der Waals surface area contributed by atoms with Crippen molar-refractivity contribution in [2.45, 2.75) is 43.9 Å². The van der Waals surface area contributed by atoms with Gasteiger partial charge in [0.25, 0.3) is 0 Å². The Bertz CT molecular complexity index is 2150. The SMILES string of the molecule is [C-]#[N+]c1cccc(-c2cc(-c3nc(-c4ccccc4)nc(-c4ccccc4-c4ccccc4)n3)ccc2C23CC4CC(CC(C4)C2)C3)c1. The lowest BCUT2D eigenvalue weighted by atomic mass is 9.47. The van der Waals surface area contributed by atoms with Crippen LogP contribution in [0.25, 0.3) is 61.3 Å². The minimum absolute atomic E-state index is 0.199. The summed E-state index contributed by atoms with van der Waals surface area (Å²) in [6.07, 6.45) is 8.04. The molecule has 10 rings (SSSR count). The molecule has 4 saturated carbocycles. The molecule has 5 aromatic carbocycles. The van der Waals surface area contributed by atoms with Gasteiger partial charge in [-0.2, -0.15) is 0 Å². The van der Waals surface area contributed by atoms with Crippen LogP contribution in [-0.4, -0.2) is 15.0 Å². The summed E-state index contributed by atoms with van der Waals surface area (Å²) < 4.78 is 0. The van der Waals surface area contributed by atoms with Crippen LogP contribution in [0.5, 0.6) is 0 Å². The van der Waals surface area contributed by atoms with Crippen molar-refractivity contribution in [3.05, 3.63) is 144 Å². The van der Waals surface area contributed by atoms with E-state index >= 15 is 0 Å². The highest BCUT2D eigenvalue weighted by Gasteiger charge is 2.52. The molecule has 4 aliphatic carbocycles. The Hall–Kier alpha value is -5.40. The van der Waals surface area contributed by atoms with Crippen molar-refractivity contribution < 1.29 is 0 Å². The lowest BCUT2D eigenvalue weighted by molar-refractivity contribution is -0.00491. The van der Waals surface area contributed by atoms with Crippen LogP contribution in [-0.2, 0) is 5.41 Å². The largest absolute Gasteiger partial charge is 0.238 e. The van der Waals surface area contributed by atoms with E-state index in [4.69, 9.17) is 21.5 Å². The van der Waals surface area contributed by atoms with Crippen LogP contribution in [0, 0.1) is 24.3 Å². The summed E-state index contributed by atoms with van der Waals surface area (Å²) in [7, 11) is 0. The second kappa shape index (κ2) is 11.7. The van der Waals surface area contributed by atoms with Gasteiger partial charge in [-0.1, -0.05) is 115 Å². The van der Waals surface area contributed by atoms with Gasteiger partial charge in [-0.25, -0.2) is 19.8 Å². The first-order valence-electron chi connectivity index (χ1n) is 17.2. The number of aromatic nitrogens is 3. The molecule has 4 fully saturated rings. The fraction of sp³-hybridized carbons (Fsp3) is 0.227. The molecule has 0 radical (unpaired) electrons. The maximum atomic E-state index is 7.76. The van der Waals surface area contributed by atoms with Crippen molar-refractivity contribution >= 4 is 5.69 Å². The van der Waals surface area contributed by atoms with Gasteiger partial charge in [0.15, 0.2) is 23.2 Å². The number of hydrogen-bond acceptors (Lipinski definition) is 3. The summed E-state index contributed by atoms with van der Waals surface area (Å²) in [6, 6.07) is 44.1. The number of benzene rings is 5. The van der Waals surface area contributed by atoms with E-state index in [1.807, 2.05) is 36.4 Å². The molecule has 4 bridgehead atoms. The first-order chi connectivity index (χ1) is 23.6. The molecule has 1 heterocycles. The second-order valence-corrected chi connectivity index (χ2v) is 14.2. The van der Waals surface area contributed by atoms with Crippen LogP contribution in [0.15, 0.2) is 127 Å². The molecular formula is C44H36N4.